The fourth-order valence-electron chi connectivity index (χ4n) is 1.21. The molecule has 1 aromatic carbocycles. The van der Waals surface area contributed by atoms with E-state index in [1.54, 1.807) is 19.1 Å². The van der Waals surface area contributed by atoms with Crippen LogP contribution in [0.4, 0.5) is 4.39 Å². The van der Waals surface area contributed by atoms with E-state index < -0.39 is 5.41 Å². The molecule has 0 spiro atoms. The van der Waals surface area contributed by atoms with Crippen LogP contribution < -0.4 is 0 Å². The van der Waals surface area contributed by atoms with Crippen molar-refractivity contribution in [3.05, 3.63) is 35.1 Å². The molecule has 0 N–H and O–H groups in total. The first kappa shape index (κ1) is 9.80. The fourth-order valence-corrected chi connectivity index (χ4v) is 1.21. The first-order valence-electron chi connectivity index (χ1n) is 4.22. The molecule has 13 heavy (non-hydrogen) atoms. The second-order valence-electron chi connectivity index (χ2n) is 3.71. The van der Waals surface area contributed by atoms with Gasteiger partial charge in [0.15, 0.2) is 0 Å². The maximum Gasteiger partial charge on any atom is 0.130 e. The Morgan fingerprint density at radius 2 is 2.00 bits per heavy atom. The Balaban J connectivity index is 3.33. The summed E-state index contributed by atoms with van der Waals surface area (Å²) in [5.41, 5.74) is 0.701. The Morgan fingerprint density at radius 1 is 1.38 bits per heavy atom. The van der Waals surface area contributed by atoms with Gasteiger partial charge < -0.3 is 0 Å². The Bertz CT molecular complexity index is 356. The van der Waals surface area contributed by atoms with Gasteiger partial charge in [0.05, 0.1) is 5.41 Å². The normalized spacial score (nSPS) is 11.0. The van der Waals surface area contributed by atoms with Gasteiger partial charge in [0.2, 0.25) is 0 Å². The molecule has 0 bridgehead atoms. The summed E-state index contributed by atoms with van der Waals surface area (Å²) in [6.45, 7) is 5.42. The Labute approximate surface area is 78.8 Å². The van der Waals surface area contributed by atoms with Crippen molar-refractivity contribution in [3.8, 4) is 12.3 Å². The predicted octanol–water partition coefficient (Wildman–Crippen LogP) is 3.04. The quantitative estimate of drug-likeness (QED) is 0.577. The highest BCUT2D eigenvalue weighted by atomic mass is 19.1. The fraction of sp³-hybridized carbons (Fsp3) is 0.333. The molecule has 0 aliphatic carbocycles. The van der Waals surface area contributed by atoms with Crippen LogP contribution in [0.25, 0.3) is 0 Å². The van der Waals surface area contributed by atoms with Crippen molar-refractivity contribution in [3.63, 3.8) is 0 Å². The van der Waals surface area contributed by atoms with Crippen LogP contribution in [-0.4, -0.2) is 0 Å². The molecule has 0 heterocycles. The Hall–Kier alpha value is -1.29. The zero-order valence-electron chi connectivity index (χ0n) is 8.19. The topological polar surface area (TPSA) is 0 Å². The highest BCUT2D eigenvalue weighted by Gasteiger charge is 2.21. The van der Waals surface area contributed by atoms with Gasteiger partial charge in [-0.1, -0.05) is 24.1 Å². The first-order chi connectivity index (χ1) is 5.99. The Kier molecular flexibility index (Phi) is 2.43. The van der Waals surface area contributed by atoms with Gasteiger partial charge in [-0.25, -0.2) is 4.39 Å². The molecule has 0 radical (unpaired) electrons. The van der Waals surface area contributed by atoms with Gasteiger partial charge in [-0.3, -0.25) is 0 Å². The van der Waals surface area contributed by atoms with E-state index in [1.807, 2.05) is 19.9 Å². The van der Waals surface area contributed by atoms with Crippen LogP contribution in [0.5, 0.6) is 0 Å². The molecule has 0 saturated heterocycles. The van der Waals surface area contributed by atoms with E-state index in [9.17, 15) is 4.39 Å². The van der Waals surface area contributed by atoms with Crippen LogP contribution in [-0.2, 0) is 5.41 Å². The summed E-state index contributed by atoms with van der Waals surface area (Å²) in [4.78, 5) is 0. The maximum absolute atomic E-state index is 13.6. The van der Waals surface area contributed by atoms with Gasteiger partial charge in [0.1, 0.15) is 5.82 Å². The van der Waals surface area contributed by atoms with Gasteiger partial charge in [-0.15, -0.1) is 6.42 Å². The lowest BCUT2D eigenvalue weighted by Gasteiger charge is -2.19. The van der Waals surface area contributed by atoms with Crippen molar-refractivity contribution in [2.75, 3.05) is 0 Å². The number of terminal acetylenes is 1. The second-order valence-corrected chi connectivity index (χ2v) is 3.71. The molecule has 0 aliphatic heterocycles. The average molecular weight is 176 g/mol. The summed E-state index contributed by atoms with van der Waals surface area (Å²) in [5.74, 6) is 2.40. The van der Waals surface area contributed by atoms with E-state index in [-0.39, 0.29) is 5.82 Å². The monoisotopic (exact) mass is 176 g/mol. The van der Waals surface area contributed by atoms with Crippen LogP contribution >= 0.6 is 0 Å². The lowest BCUT2D eigenvalue weighted by molar-refractivity contribution is 0.561. The van der Waals surface area contributed by atoms with Crippen molar-refractivity contribution in [2.45, 2.75) is 26.2 Å². The summed E-state index contributed by atoms with van der Waals surface area (Å²) < 4.78 is 13.6. The molecule has 0 nitrogen and oxygen atoms in total. The number of hydrogen-bond acceptors (Lipinski definition) is 0. The first-order valence-corrected chi connectivity index (χ1v) is 4.22. The summed E-state index contributed by atoms with van der Waals surface area (Å²) >= 11 is 0. The minimum Gasteiger partial charge on any atom is -0.206 e. The highest BCUT2D eigenvalue weighted by Crippen LogP contribution is 2.26. The van der Waals surface area contributed by atoms with E-state index in [0.717, 1.165) is 0 Å². The summed E-state index contributed by atoms with van der Waals surface area (Å²) in [6.07, 6.45) is 5.34. The van der Waals surface area contributed by atoms with E-state index in [2.05, 4.69) is 5.92 Å². The lowest BCUT2D eigenvalue weighted by Crippen LogP contribution is -2.16. The van der Waals surface area contributed by atoms with E-state index in [0.29, 0.717) is 11.1 Å². The number of hydrogen-bond donors (Lipinski definition) is 0. The molecule has 1 rings (SSSR count). The molecule has 0 unspecified atom stereocenters. The zero-order chi connectivity index (χ0) is 10.1. The van der Waals surface area contributed by atoms with Crippen LogP contribution in [0, 0.1) is 25.1 Å². The molecule has 0 fully saturated rings. The van der Waals surface area contributed by atoms with Crippen molar-refractivity contribution < 1.29 is 4.39 Å². The average Bonchev–Trinajstić information content (AvgIpc) is 2.09. The molecule has 0 saturated carbocycles. The van der Waals surface area contributed by atoms with E-state index in [1.165, 1.54) is 0 Å². The molecule has 0 aliphatic rings. The minimum atomic E-state index is -0.532. The SMILES string of the molecule is C#CC(C)(C)c1cccc(C)c1F. The van der Waals surface area contributed by atoms with Gasteiger partial charge in [0.25, 0.3) is 0 Å². The van der Waals surface area contributed by atoms with Gasteiger partial charge in [-0.2, -0.15) is 0 Å². The number of halogens is 1. The third-order valence-electron chi connectivity index (χ3n) is 2.23. The molecule has 68 valence electrons. The predicted molar refractivity (Wildman–Crippen MR) is 53.0 cm³/mol. The summed E-state index contributed by atoms with van der Waals surface area (Å²) in [6, 6.07) is 5.31. The lowest BCUT2D eigenvalue weighted by atomic mass is 9.84. The van der Waals surface area contributed by atoms with Gasteiger partial charge in [0, 0.05) is 5.56 Å². The van der Waals surface area contributed by atoms with Crippen LogP contribution in [0.2, 0.25) is 0 Å². The van der Waals surface area contributed by atoms with Crippen molar-refractivity contribution >= 4 is 0 Å². The van der Waals surface area contributed by atoms with Crippen molar-refractivity contribution in [1.82, 2.24) is 0 Å². The van der Waals surface area contributed by atoms with Crippen LogP contribution in [0.3, 0.4) is 0 Å². The van der Waals surface area contributed by atoms with Gasteiger partial charge in [-0.05, 0) is 26.3 Å². The second kappa shape index (κ2) is 3.22. The van der Waals surface area contributed by atoms with Crippen molar-refractivity contribution in [1.29, 1.82) is 0 Å². The molecule has 1 aromatic rings. The number of benzene rings is 1. The zero-order valence-corrected chi connectivity index (χ0v) is 8.19. The number of aryl methyl sites for hydroxylation is 1. The highest BCUT2D eigenvalue weighted by molar-refractivity contribution is 5.36. The molecule has 0 aromatic heterocycles. The Morgan fingerprint density at radius 3 is 2.54 bits per heavy atom. The molecular formula is C12H13F. The van der Waals surface area contributed by atoms with Crippen LogP contribution in [0.1, 0.15) is 25.0 Å². The van der Waals surface area contributed by atoms with E-state index >= 15 is 0 Å². The summed E-state index contributed by atoms with van der Waals surface area (Å²) in [5, 5.41) is 0. The smallest absolute Gasteiger partial charge is 0.130 e. The molecule has 0 amide bonds. The molecular weight excluding hydrogens is 163 g/mol. The van der Waals surface area contributed by atoms with E-state index in [4.69, 9.17) is 6.42 Å². The minimum absolute atomic E-state index is 0.189. The maximum atomic E-state index is 13.6. The number of rotatable bonds is 1. The van der Waals surface area contributed by atoms with Crippen LogP contribution in [0.15, 0.2) is 18.2 Å². The summed E-state index contributed by atoms with van der Waals surface area (Å²) in [7, 11) is 0. The third-order valence-corrected chi connectivity index (χ3v) is 2.23. The largest absolute Gasteiger partial charge is 0.206 e. The third kappa shape index (κ3) is 1.72. The molecule has 1 heteroatoms. The standard InChI is InChI=1S/C12H13F/c1-5-12(3,4)10-8-6-7-9(2)11(10)13/h1,6-8H,2-4H3. The van der Waals surface area contributed by atoms with Crippen molar-refractivity contribution in [2.24, 2.45) is 0 Å². The molecule has 0 atom stereocenters. The van der Waals surface area contributed by atoms with Gasteiger partial charge >= 0.3 is 0 Å².